The molecule has 3 heterocycles. The van der Waals surface area contributed by atoms with Gasteiger partial charge < -0.3 is 24.0 Å². The van der Waals surface area contributed by atoms with Crippen molar-refractivity contribution in [2.45, 2.75) is 101 Å². The molecule has 1 aromatic carbocycles. The summed E-state index contributed by atoms with van der Waals surface area (Å²) in [4.78, 5) is 61.5. The SMILES string of the molecule is CC(C)[C@@H]1C2=C(Oc3c1c(OCCCN1CCN(C)CC1)cc1c3[C@@H](C(C)C)C3=C(O1)C(C)(C)C(=O)C(C)(C)C3=O)C(C)(C)C(=O)C(C)(C)C2=O. The molecule has 0 saturated carbocycles. The van der Waals surface area contributed by atoms with E-state index in [2.05, 4.69) is 44.5 Å². The number of carbonyl (C=O) groups is 4. The van der Waals surface area contributed by atoms with Gasteiger partial charge in [-0.1, -0.05) is 27.7 Å². The maximum atomic E-state index is 14.4. The van der Waals surface area contributed by atoms with E-state index >= 15 is 0 Å². The van der Waals surface area contributed by atoms with Crippen LogP contribution in [0, 0.1) is 33.5 Å². The van der Waals surface area contributed by atoms with Crippen LogP contribution in [0.1, 0.15) is 112 Å². The Kier molecular flexibility index (Phi) is 9.10. The van der Waals surface area contributed by atoms with Gasteiger partial charge in [-0.3, -0.25) is 19.2 Å². The van der Waals surface area contributed by atoms with Gasteiger partial charge in [0.1, 0.15) is 28.8 Å². The smallest absolute Gasteiger partial charge is 0.175 e. The lowest BCUT2D eigenvalue weighted by Crippen LogP contribution is -2.53. The van der Waals surface area contributed by atoms with Crippen LogP contribution in [0.15, 0.2) is 28.7 Å². The molecule has 1 fully saturated rings. The van der Waals surface area contributed by atoms with Crippen LogP contribution < -0.4 is 14.2 Å². The molecule has 9 nitrogen and oxygen atoms in total. The predicted octanol–water partition coefficient (Wildman–Crippen LogP) is 6.88. The second-order valence-corrected chi connectivity index (χ2v) is 18.3. The van der Waals surface area contributed by atoms with Crippen LogP contribution in [0.3, 0.4) is 0 Å². The Hall–Kier alpha value is -3.30. The topological polar surface area (TPSA) is 102 Å². The Labute approximate surface area is 304 Å². The van der Waals surface area contributed by atoms with E-state index in [4.69, 9.17) is 14.2 Å². The molecule has 9 heteroatoms. The molecule has 0 spiro atoms. The molecular formula is C42H58N2O7. The molecule has 3 aliphatic heterocycles. The molecule has 2 atom stereocenters. The molecular weight excluding hydrogens is 644 g/mol. The van der Waals surface area contributed by atoms with E-state index in [0.29, 0.717) is 52.1 Å². The van der Waals surface area contributed by atoms with Crippen LogP contribution in [0.25, 0.3) is 0 Å². The molecule has 1 saturated heterocycles. The van der Waals surface area contributed by atoms with Crippen LogP contribution in [-0.2, 0) is 19.2 Å². The van der Waals surface area contributed by atoms with Gasteiger partial charge in [0.2, 0.25) is 0 Å². The van der Waals surface area contributed by atoms with Gasteiger partial charge in [0, 0.05) is 72.9 Å². The van der Waals surface area contributed by atoms with Crippen molar-refractivity contribution in [1.82, 2.24) is 9.80 Å². The van der Waals surface area contributed by atoms with Crippen molar-refractivity contribution in [3.8, 4) is 17.2 Å². The van der Waals surface area contributed by atoms with Crippen molar-refractivity contribution in [3.05, 3.63) is 39.9 Å². The minimum atomic E-state index is -1.24. The fourth-order valence-electron chi connectivity index (χ4n) is 9.38. The summed E-state index contributed by atoms with van der Waals surface area (Å²) in [6, 6.07) is 1.90. The molecule has 0 aromatic heterocycles. The van der Waals surface area contributed by atoms with Crippen molar-refractivity contribution >= 4 is 23.1 Å². The number of likely N-dealkylation sites (N-methyl/N-ethyl adjacent to an activating group) is 1. The predicted molar refractivity (Wildman–Crippen MR) is 196 cm³/mol. The largest absolute Gasteiger partial charge is 0.493 e. The summed E-state index contributed by atoms with van der Waals surface area (Å²) in [6.45, 7) is 28.0. The zero-order valence-electron chi connectivity index (χ0n) is 33.1. The molecule has 5 aliphatic rings. The van der Waals surface area contributed by atoms with E-state index in [1.54, 1.807) is 27.7 Å². The molecule has 0 radical (unpaired) electrons. The molecule has 51 heavy (non-hydrogen) atoms. The summed E-state index contributed by atoms with van der Waals surface area (Å²) >= 11 is 0. The molecule has 1 aromatic rings. The minimum absolute atomic E-state index is 0.0595. The number of benzene rings is 1. The van der Waals surface area contributed by atoms with Crippen LogP contribution in [-0.4, -0.2) is 79.3 Å². The van der Waals surface area contributed by atoms with Crippen LogP contribution in [0.4, 0.5) is 0 Å². The quantitative estimate of drug-likeness (QED) is 0.222. The first-order valence-electron chi connectivity index (χ1n) is 18.9. The van der Waals surface area contributed by atoms with E-state index in [9.17, 15) is 19.2 Å². The molecule has 0 amide bonds. The number of fused-ring (bicyclic) bond motifs is 3. The molecule has 2 aliphatic carbocycles. The van der Waals surface area contributed by atoms with E-state index in [1.165, 1.54) is 0 Å². The van der Waals surface area contributed by atoms with Crippen molar-refractivity contribution in [3.63, 3.8) is 0 Å². The normalized spacial score (nSPS) is 26.8. The number of piperazine rings is 1. The number of rotatable bonds is 7. The molecule has 0 N–H and O–H groups in total. The van der Waals surface area contributed by atoms with Crippen molar-refractivity contribution in [2.24, 2.45) is 33.5 Å². The molecule has 0 bridgehead atoms. The third kappa shape index (κ3) is 5.55. The van der Waals surface area contributed by atoms with E-state index in [0.717, 1.165) is 44.7 Å². The number of Topliss-reactive ketones (excluding diaryl/α,β-unsaturated/α-hetero) is 4. The number of allylic oxidation sites excluding steroid dienone is 4. The lowest BCUT2D eigenvalue weighted by molar-refractivity contribution is -0.146. The number of hydrogen-bond donors (Lipinski definition) is 0. The number of carbonyl (C=O) groups excluding carboxylic acids is 4. The number of ether oxygens (including phenoxy) is 3. The number of ketones is 4. The molecule has 6 rings (SSSR count). The van der Waals surface area contributed by atoms with Gasteiger partial charge in [0.15, 0.2) is 23.1 Å². The highest BCUT2D eigenvalue weighted by Gasteiger charge is 2.61. The van der Waals surface area contributed by atoms with Gasteiger partial charge in [-0.05, 0) is 80.7 Å². The van der Waals surface area contributed by atoms with Crippen LogP contribution >= 0.6 is 0 Å². The summed E-state index contributed by atoms with van der Waals surface area (Å²) in [5.41, 5.74) is -2.13. The Bertz CT molecular complexity index is 1760. The number of nitrogens with zero attached hydrogens (tertiary/aromatic N) is 2. The first-order chi connectivity index (χ1) is 23.6. The zero-order chi connectivity index (χ0) is 37.7. The van der Waals surface area contributed by atoms with Crippen molar-refractivity contribution < 1.29 is 33.4 Å². The van der Waals surface area contributed by atoms with Gasteiger partial charge >= 0.3 is 0 Å². The fourth-order valence-corrected chi connectivity index (χ4v) is 9.38. The van der Waals surface area contributed by atoms with Crippen LogP contribution in [0.2, 0.25) is 0 Å². The first kappa shape index (κ1) is 37.5. The molecule has 278 valence electrons. The van der Waals surface area contributed by atoms with Crippen LogP contribution in [0.5, 0.6) is 17.2 Å². The Morgan fingerprint density at radius 2 is 1.18 bits per heavy atom. The Balaban J connectivity index is 1.56. The number of hydrogen-bond acceptors (Lipinski definition) is 9. The summed E-state index contributed by atoms with van der Waals surface area (Å²) in [6.07, 6.45) is 0.806. The highest BCUT2D eigenvalue weighted by atomic mass is 16.5. The summed E-state index contributed by atoms with van der Waals surface area (Å²) < 4.78 is 20.5. The zero-order valence-corrected chi connectivity index (χ0v) is 33.1. The fraction of sp³-hybridized carbons (Fsp3) is 0.667. The Morgan fingerprint density at radius 1 is 0.706 bits per heavy atom. The minimum Gasteiger partial charge on any atom is -0.493 e. The standard InChI is InChI=1S/C42H58N2O7/c1-22(2)26-28-24(49-20-14-15-44-18-16-43(13)17-19-44)21-25-29(32(28)51-36-31(26)34(46)40(7,8)38(48)42(36,11)12)27(23(3)4)30-33(45)39(5,6)37(47)41(9,10)35(30)50-25/h21-23,26-27H,14-20H2,1-13H3/t26-,27+/m0/s1. The van der Waals surface area contributed by atoms with Gasteiger partial charge in [0.25, 0.3) is 0 Å². The Morgan fingerprint density at radius 3 is 1.67 bits per heavy atom. The van der Waals surface area contributed by atoms with E-state index in [1.807, 2.05) is 33.8 Å². The lowest BCUT2D eigenvalue weighted by atomic mass is 9.58. The summed E-state index contributed by atoms with van der Waals surface area (Å²) in [5, 5.41) is 0. The lowest BCUT2D eigenvalue weighted by Gasteiger charge is -2.48. The van der Waals surface area contributed by atoms with Crippen molar-refractivity contribution in [2.75, 3.05) is 46.4 Å². The van der Waals surface area contributed by atoms with Crippen molar-refractivity contribution in [1.29, 1.82) is 0 Å². The van der Waals surface area contributed by atoms with Gasteiger partial charge in [-0.15, -0.1) is 0 Å². The first-order valence-corrected chi connectivity index (χ1v) is 18.9. The maximum Gasteiger partial charge on any atom is 0.175 e. The average molecular weight is 703 g/mol. The van der Waals surface area contributed by atoms with Gasteiger partial charge in [-0.25, -0.2) is 0 Å². The second kappa shape index (κ2) is 12.4. The second-order valence-electron chi connectivity index (χ2n) is 18.3. The van der Waals surface area contributed by atoms with E-state index < -0.39 is 33.5 Å². The highest BCUT2D eigenvalue weighted by molar-refractivity contribution is 6.21. The highest BCUT2D eigenvalue weighted by Crippen LogP contribution is 2.63. The maximum absolute atomic E-state index is 14.4. The van der Waals surface area contributed by atoms with E-state index in [-0.39, 0.29) is 35.0 Å². The average Bonchev–Trinajstić information content (AvgIpc) is 3.06. The third-order valence-corrected chi connectivity index (χ3v) is 12.3. The molecule has 0 unspecified atom stereocenters. The van der Waals surface area contributed by atoms with Gasteiger partial charge in [0.05, 0.1) is 28.3 Å². The van der Waals surface area contributed by atoms with Gasteiger partial charge in [-0.2, -0.15) is 0 Å². The third-order valence-electron chi connectivity index (χ3n) is 12.3. The summed E-state index contributed by atoms with van der Waals surface area (Å²) in [7, 11) is 2.15. The monoisotopic (exact) mass is 702 g/mol. The summed E-state index contributed by atoms with van der Waals surface area (Å²) in [5.74, 6) is 0.397.